The Morgan fingerprint density at radius 3 is 2.25 bits per heavy atom. The molecule has 0 bridgehead atoms. The van der Waals surface area contributed by atoms with Gasteiger partial charge in [-0.25, -0.2) is 0 Å². The Morgan fingerprint density at radius 1 is 1.38 bits per heavy atom. The van der Waals surface area contributed by atoms with E-state index in [0.717, 1.165) is 9.63 Å². The Kier molecular flexibility index (Phi) is 2.37. The zero-order valence-electron chi connectivity index (χ0n) is 6.26. The van der Waals surface area contributed by atoms with Gasteiger partial charge in [0.15, 0.2) is 0 Å². The molecule has 1 aliphatic rings. The summed E-state index contributed by atoms with van der Waals surface area (Å²) in [5, 5.41) is 0. The van der Waals surface area contributed by atoms with E-state index in [-0.39, 0.29) is 0 Å². The normalized spacial score (nSPS) is 50.8. The van der Waals surface area contributed by atoms with Gasteiger partial charge in [-0.15, -0.1) is 0 Å². The first-order valence-electron chi connectivity index (χ1n) is 3.49. The van der Waals surface area contributed by atoms with Crippen LogP contribution in [0.4, 0.5) is 0 Å². The van der Waals surface area contributed by atoms with Crippen molar-refractivity contribution >= 4 is 29.9 Å². The maximum atomic E-state index is 7.59. The topological polar surface area (TPSA) is 0 Å². The second kappa shape index (κ2) is 3.27. The third-order valence-corrected chi connectivity index (χ3v) is 6.89. The monoisotopic (exact) mass is 245 g/mol. The van der Waals surface area contributed by atoms with Crippen LogP contribution in [0.15, 0.2) is 0 Å². The molecule has 1 rings (SSSR count). The molecule has 0 nitrogen and oxygen atoms in total. The number of rotatable bonds is 0. The molecule has 8 heavy (non-hydrogen) atoms. The molecule has 0 spiro atoms. The van der Waals surface area contributed by atoms with Crippen LogP contribution < -0.4 is 0 Å². The Balaban J connectivity index is 2.34. The van der Waals surface area contributed by atoms with Gasteiger partial charge in [0.1, 0.15) is 0 Å². The van der Waals surface area contributed by atoms with Gasteiger partial charge in [-0.1, -0.05) is 0 Å². The summed E-state index contributed by atoms with van der Waals surface area (Å²) in [5.41, 5.74) is 0. The fourth-order valence-electron chi connectivity index (χ4n) is 0.800. The molecule has 0 aromatic heterocycles. The van der Waals surface area contributed by atoms with E-state index < -0.39 is 0 Å². The summed E-state index contributed by atoms with van der Waals surface area (Å²) in [6.07, 6.45) is 1.40. The van der Waals surface area contributed by atoms with E-state index in [0.29, 0.717) is 34.1 Å². The first-order chi connectivity index (χ1) is 4.18. The van der Waals surface area contributed by atoms with Gasteiger partial charge >= 0.3 is 65.4 Å². The van der Waals surface area contributed by atoms with Crippen molar-refractivity contribution < 1.29 is 1.37 Å². The summed E-state index contributed by atoms with van der Waals surface area (Å²) in [6, 6.07) is 0. The Labute approximate surface area is 65.5 Å². The van der Waals surface area contributed by atoms with E-state index in [1.807, 2.05) is 0 Å². The van der Waals surface area contributed by atoms with Gasteiger partial charge in [0.2, 0.25) is 0 Å². The minimum atomic E-state index is 0.365. The van der Waals surface area contributed by atoms with Crippen LogP contribution in [0.25, 0.3) is 0 Å². The minimum absolute atomic E-state index is 0.365. The molecule has 1 unspecified atom stereocenters. The fourth-order valence-corrected chi connectivity index (χ4v) is 8.86. The standard InChI is InChI=1S/C6H12Se2/c1-5-3-6(2)8-4-7-5/h5-6H,3-4H2,1-2H3/t5-,6+/i4D/t4?,5-,6+. The van der Waals surface area contributed by atoms with Crippen LogP contribution in [-0.4, -0.2) is 29.9 Å². The Morgan fingerprint density at radius 2 is 1.88 bits per heavy atom. The SMILES string of the molecule is [2H]C1[Se][C@H](C)C[C@H](C)[Se]1. The maximum absolute atomic E-state index is 7.59. The first kappa shape index (κ1) is 5.80. The summed E-state index contributed by atoms with van der Waals surface area (Å²) >= 11 is 1.29. The van der Waals surface area contributed by atoms with E-state index in [4.69, 9.17) is 1.37 Å². The molecule has 1 aliphatic heterocycles. The third-order valence-electron chi connectivity index (χ3n) is 1.24. The number of hydrogen-bond acceptors (Lipinski definition) is 0. The molecule has 3 atom stereocenters. The van der Waals surface area contributed by atoms with Gasteiger partial charge in [0.25, 0.3) is 0 Å². The molecular weight excluding hydrogens is 230 g/mol. The van der Waals surface area contributed by atoms with Gasteiger partial charge in [-0.2, -0.15) is 0 Å². The van der Waals surface area contributed by atoms with Crippen LogP contribution in [0.3, 0.4) is 0 Å². The van der Waals surface area contributed by atoms with Crippen LogP contribution in [0, 0.1) is 0 Å². The predicted octanol–water partition coefficient (Wildman–Crippen LogP) is 1.79. The molecular formula is C6H12Se2. The van der Waals surface area contributed by atoms with E-state index >= 15 is 0 Å². The molecule has 0 aliphatic carbocycles. The van der Waals surface area contributed by atoms with Crippen molar-refractivity contribution in [1.29, 1.82) is 0 Å². The van der Waals surface area contributed by atoms with Crippen molar-refractivity contribution in [1.82, 2.24) is 0 Å². The molecule has 1 heterocycles. The molecule has 0 saturated carbocycles. The molecule has 0 amide bonds. The first-order valence-corrected chi connectivity index (χ1v) is 6.87. The van der Waals surface area contributed by atoms with Crippen molar-refractivity contribution in [2.24, 2.45) is 0 Å². The summed E-state index contributed by atoms with van der Waals surface area (Å²) in [7, 11) is 0. The Bertz CT molecular complexity index is 72.0. The van der Waals surface area contributed by atoms with E-state index in [2.05, 4.69) is 13.8 Å². The molecule has 0 N–H and O–H groups in total. The summed E-state index contributed by atoms with van der Waals surface area (Å²) in [5.74, 6) is 0. The van der Waals surface area contributed by atoms with Crippen molar-refractivity contribution in [2.75, 3.05) is 0 Å². The van der Waals surface area contributed by atoms with E-state index in [1.54, 1.807) is 0 Å². The second-order valence-corrected chi connectivity index (χ2v) is 9.25. The van der Waals surface area contributed by atoms with E-state index in [9.17, 15) is 0 Å². The zero-order chi connectivity index (χ0) is 6.85. The van der Waals surface area contributed by atoms with E-state index in [1.165, 1.54) is 6.42 Å². The summed E-state index contributed by atoms with van der Waals surface area (Å²) in [6.45, 7) is 4.60. The van der Waals surface area contributed by atoms with Crippen LogP contribution in [0.2, 0.25) is 13.8 Å². The van der Waals surface area contributed by atoms with Gasteiger partial charge < -0.3 is 0 Å². The third kappa shape index (κ3) is 2.11. The summed E-state index contributed by atoms with van der Waals surface area (Å²) in [4.78, 5) is 1.76. The second-order valence-electron chi connectivity index (χ2n) is 2.23. The van der Waals surface area contributed by atoms with Gasteiger partial charge in [-0.05, 0) is 0 Å². The van der Waals surface area contributed by atoms with Crippen molar-refractivity contribution in [3.63, 3.8) is 0 Å². The van der Waals surface area contributed by atoms with Crippen molar-refractivity contribution in [2.45, 2.75) is 34.1 Å². The quantitative estimate of drug-likeness (QED) is 0.569. The molecule has 0 aromatic rings. The van der Waals surface area contributed by atoms with Gasteiger partial charge in [-0.3, -0.25) is 0 Å². The molecule has 1 saturated heterocycles. The molecule has 2 heteroatoms. The van der Waals surface area contributed by atoms with Gasteiger partial charge in [0, 0.05) is 0 Å². The van der Waals surface area contributed by atoms with Crippen LogP contribution in [-0.2, 0) is 0 Å². The average Bonchev–Trinajstić information content (AvgIpc) is 1.59. The molecule has 0 aromatic carbocycles. The molecule has 1 fully saturated rings. The summed E-state index contributed by atoms with van der Waals surface area (Å²) < 4.78 is 7.95. The van der Waals surface area contributed by atoms with Crippen LogP contribution in [0.1, 0.15) is 21.6 Å². The van der Waals surface area contributed by atoms with Crippen LogP contribution >= 0.6 is 0 Å². The fraction of sp³-hybridized carbons (Fsp3) is 1.00. The molecule has 48 valence electrons. The van der Waals surface area contributed by atoms with Crippen LogP contribution in [0.5, 0.6) is 0 Å². The van der Waals surface area contributed by atoms with Crippen molar-refractivity contribution in [3.05, 3.63) is 0 Å². The number of hydrogen-bond donors (Lipinski definition) is 0. The predicted molar refractivity (Wildman–Crippen MR) is 39.8 cm³/mol. The zero-order valence-corrected chi connectivity index (χ0v) is 8.68. The average molecular weight is 243 g/mol. The Hall–Kier alpha value is 1.04. The van der Waals surface area contributed by atoms with Gasteiger partial charge in [0.05, 0.1) is 0 Å². The molecule has 0 radical (unpaired) electrons. The van der Waals surface area contributed by atoms with Crippen molar-refractivity contribution in [3.8, 4) is 0 Å².